The van der Waals surface area contributed by atoms with Crippen LogP contribution in [0.3, 0.4) is 0 Å². The fourth-order valence-electron chi connectivity index (χ4n) is 8.39. The van der Waals surface area contributed by atoms with Gasteiger partial charge in [0.2, 0.25) is 0 Å². The predicted molar refractivity (Wildman–Crippen MR) is 238 cm³/mol. The van der Waals surface area contributed by atoms with Gasteiger partial charge in [0, 0.05) is 33.3 Å². The maximum Gasteiger partial charge on any atom is 0.334 e. The van der Waals surface area contributed by atoms with Gasteiger partial charge in [-0.25, -0.2) is 4.79 Å². The molecule has 352 valence electrons. The van der Waals surface area contributed by atoms with Crippen LogP contribution in [0.1, 0.15) is 167 Å². The second-order valence-electron chi connectivity index (χ2n) is 17.1. The van der Waals surface area contributed by atoms with Crippen LogP contribution >= 0.6 is 0 Å². The number of esters is 1. The molecule has 0 aromatic heterocycles. The van der Waals surface area contributed by atoms with Crippen LogP contribution in [0.4, 0.5) is 0 Å². The molecule has 12 nitrogen and oxygen atoms in total. The van der Waals surface area contributed by atoms with Gasteiger partial charge in [0.1, 0.15) is 26.5 Å². The molecule has 0 radical (unpaired) electrons. The maximum atomic E-state index is 13.4. The molecule has 1 unspecified atom stereocenters. The minimum absolute atomic E-state index is 0.0149. The van der Waals surface area contributed by atoms with Crippen LogP contribution in [0.2, 0.25) is 0 Å². The molecule has 1 saturated heterocycles. The Bertz CT molecular complexity index is 1420. The van der Waals surface area contributed by atoms with Crippen molar-refractivity contribution in [3.8, 4) is 0 Å². The van der Waals surface area contributed by atoms with Crippen molar-refractivity contribution in [3.05, 3.63) is 41.5 Å². The van der Waals surface area contributed by atoms with E-state index >= 15 is 0 Å². The van der Waals surface area contributed by atoms with Gasteiger partial charge in [0.05, 0.1) is 41.5 Å². The van der Waals surface area contributed by atoms with Gasteiger partial charge >= 0.3 is 5.97 Å². The number of benzene rings is 1. The standard InChI is InChI=1S/C48H82O12S/c1-7-8-9-10-11-12-13-14-15-19-25-44(56-36-53-5)46-31-32-47(59-46)45(57-37-54-6)26-21-20-23-41(60-61(50,51)43-29-27-38(2)28-30-43)22-17-16-18-24-42(55-35-52-4)34-40-33-39(3)58-48(40)49/h27-30,33,39,41-42,44-47H,7-26,31-32,34-37H2,1-6H3/t39-,41?,42+,44-,45-,46-,47-/m0/s1. The summed E-state index contributed by atoms with van der Waals surface area (Å²) in [4.78, 5) is 12.4. The van der Waals surface area contributed by atoms with Gasteiger partial charge in [-0.1, -0.05) is 121 Å². The molecule has 1 fully saturated rings. The maximum absolute atomic E-state index is 13.4. The van der Waals surface area contributed by atoms with Gasteiger partial charge in [-0.3, -0.25) is 4.18 Å². The van der Waals surface area contributed by atoms with Crippen molar-refractivity contribution in [1.82, 2.24) is 0 Å². The number of carbonyl (C=O) groups excluding carboxylic acids is 1. The molecular formula is C48H82O12S. The number of cyclic esters (lactones) is 1. The van der Waals surface area contributed by atoms with E-state index in [0.717, 1.165) is 76.2 Å². The molecule has 0 bridgehead atoms. The SMILES string of the molecule is CCCCCCCCCCCC[C@H](OCOC)[C@@H]1CC[C@@H]([C@H](CCCCC(CCCCC[C@H](CC2=C[C@H](C)OC2=O)OCOC)OS(=O)(=O)c2ccc(C)cc2)OCOC)O1. The van der Waals surface area contributed by atoms with E-state index in [4.69, 9.17) is 42.1 Å². The second kappa shape index (κ2) is 31.8. The first-order valence-corrected chi connectivity index (χ1v) is 24.9. The van der Waals surface area contributed by atoms with E-state index in [1.165, 1.54) is 57.8 Å². The van der Waals surface area contributed by atoms with Crippen LogP contribution in [-0.2, 0) is 57.0 Å². The fourth-order valence-corrected chi connectivity index (χ4v) is 9.52. The Morgan fingerprint density at radius 3 is 1.62 bits per heavy atom. The number of methoxy groups -OCH3 is 3. The number of aryl methyl sites for hydroxylation is 1. The molecule has 2 heterocycles. The number of carbonyl (C=O) groups is 1. The third kappa shape index (κ3) is 22.0. The number of hydrogen-bond donors (Lipinski definition) is 0. The normalized spacial score (nSPS) is 20.1. The number of unbranched alkanes of at least 4 members (excludes halogenated alkanes) is 12. The minimum Gasteiger partial charge on any atom is -0.455 e. The molecule has 61 heavy (non-hydrogen) atoms. The first-order chi connectivity index (χ1) is 29.6. The van der Waals surface area contributed by atoms with Gasteiger partial charge in [-0.2, -0.15) is 8.42 Å². The quantitative estimate of drug-likeness (QED) is 0.0271. The Hall–Kier alpha value is -1.94. The molecule has 2 aliphatic rings. The summed E-state index contributed by atoms with van der Waals surface area (Å²) in [6.45, 7) is 6.60. The zero-order valence-corrected chi connectivity index (χ0v) is 39.4. The molecule has 2 aliphatic heterocycles. The lowest BCUT2D eigenvalue weighted by Gasteiger charge is -2.27. The van der Waals surface area contributed by atoms with Crippen molar-refractivity contribution >= 4 is 16.1 Å². The Morgan fingerprint density at radius 2 is 1.10 bits per heavy atom. The van der Waals surface area contributed by atoms with E-state index < -0.39 is 16.2 Å². The van der Waals surface area contributed by atoms with Crippen molar-refractivity contribution in [1.29, 1.82) is 0 Å². The van der Waals surface area contributed by atoms with Crippen molar-refractivity contribution < 1.29 is 55.3 Å². The number of hydrogen-bond acceptors (Lipinski definition) is 12. The predicted octanol–water partition coefficient (Wildman–Crippen LogP) is 10.7. The van der Waals surface area contributed by atoms with Crippen LogP contribution in [-0.4, -0.2) is 98.8 Å². The smallest absolute Gasteiger partial charge is 0.334 e. The Labute approximate surface area is 369 Å². The summed E-state index contributed by atoms with van der Waals surface area (Å²) in [5.74, 6) is -0.291. The summed E-state index contributed by atoms with van der Waals surface area (Å²) in [6, 6.07) is 6.78. The average molecular weight is 883 g/mol. The number of ether oxygens (including phenoxy) is 8. The molecule has 1 aromatic carbocycles. The van der Waals surface area contributed by atoms with E-state index in [9.17, 15) is 13.2 Å². The molecule has 3 rings (SSSR count). The molecule has 0 N–H and O–H groups in total. The number of rotatable bonds is 38. The van der Waals surface area contributed by atoms with Crippen molar-refractivity contribution in [2.75, 3.05) is 41.7 Å². The molecule has 0 aliphatic carbocycles. The van der Waals surface area contributed by atoms with Crippen LogP contribution in [0.25, 0.3) is 0 Å². The first-order valence-electron chi connectivity index (χ1n) is 23.5. The third-order valence-corrected chi connectivity index (χ3v) is 13.2. The molecule has 1 aromatic rings. The van der Waals surface area contributed by atoms with Gasteiger partial charge in [0.15, 0.2) is 0 Å². The summed E-state index contributed by atoms with van der Waals surface area (Å²) in [6.07, 6.45) is 23.6. The summed E-state index contributed by atoms with van der Waals surface area (Å²) in [7, 11) is 0.915. The van der Waals surface area contributed by atoms with Crippen LogP contribution < -0.4 is 0 Å². The molecule has 13 heteroatoms. The van der Waals surface area contributed by atoms with Crippen LogP contribution in [0, 0.1) is 6.92 Å². The minimum atomic E-state index is -3.95. The van der Waals surface area contributed by atoms with Gasteiger partial charge in [-0.15, -0.1) is 0 Å². The topological polar surface area (TPSA) is 134 Å². The average Bonchev–Trinajstić information content (AvgIpc) is 3.86. The third-order valence-electron chi connectivity index (χ3n) is 11.8. The highest BCUT2D eigenvalue weighted by atomic mass is 32.2. The lowest BCUT2D eigenvalue weighted by atomic mass is 9.98. The summed E-state index contributed by atoms with van der Waals surface area (Å²) >= 11 is 0. The van der Waals surface area contributed by atoms with E-state index in [2.05, 4.69) is 6.92 Å². The van der Waals surface area contributed by atoms with E-state index in [-0.39, 0.29) is 67.9 Å². The lowest BCUT2D eigenvalue weighted by molar-refractivity contribution is -0.159. The van der Waals surface area contributed by atoms with E-state index in [1.807, 2.05) is 19.9 Å². The summed E-state index contributed by atoms with van der Waals surface area (Å²) in [5.41, 5.74) is 1.62. The largest absolute Gasteiger partial charge is 0.455 e. The molecule has 0 spiro atoms. The van der Waals surface area contributed by atoms with Crippen molar-refractivity contribution in [3.63, 3.8) is 0 Å². The zero-order valence-electron chi connectivity index (χ0n) is 38.6. The highest BCUT2D eigenvalue weighted by Gasteiger charge is 2.37. The zero-order chi connectivity index (χ0) is 44.1. The van der Waals surface area contributed by atoms with Crippen LogP contribution in [0.5, 0.6) is 0 Å². The molecule has 0 amide bonds. The molecule has 0 saturated carbocycles. The van der Waals surface area contributed by atoms with Gasteiger partial charge in [-0.05, 0) is 77.0 Å². The lowest BCUT2D eigenvalue weighted by Crippen LogP contribution is -2.34. The second-order valence-corrected chi connectivity index (χ2v) is 18.7. The van der Waals surface area contributed by atoms with Crippen molar-refractivity contribution in [2.45, 2.75) is 216 Å². The first kappa shape index (κ1) is 53.4. The monoisotopic (exact) mass is 883 g/mol. The summed E-state index contributed by atoms with van der Waals surface area (Å²) < 4.78 is 78.8. The highest BCUT2D eigenvalue weighted by molar-refractivity contribution is 7.86. The Kier molecular flexibility index (Phi) is 27.9. The van der Waals surface area contributed by atoms with Crippen LogP contribution in [0.15, 0.2) is 40.8 Å². The van der Waals surface area contributed by atoms with Gasteiger partial charge in [0.25, 0.3) is 10.1 Å². The Morgan fingerprint density at radius 1 is 0.639 bits per heavy atom. The highest BCUT2D eigenvalue weighted by Crippen LogP contribution is 2.32. The fraction of sp³-hybridized carbons (Fsp3) is 0.812. The van der Waals surface area contributed by atoms with Crippen molar-refractivity contribution in [2.24, 2.45) is 0 Å². The summed E-state index contributed by atoms with van der Waals surface area (Å²) in [5, 5.41) is 0. The van der Waals surface area contributed by atoms with E-state index in [1.54, 1.807) is 45.6 Å². The molecular weight excluding hydrogens is 801 g/mol. The van der Waals surface area contributed by atoms with E-state index in [0.29, 0.717) is 24.8 Å². The Balaban J connectivity index is 1.52. The molecule has 7 atom stereocenters. The van der Waals surface area contributed by atoms with Gasteiger partial charge < -0.3 is 37.9 Å².